The van der Waals surface area contributed by atoms with E-state index in [1.807, 2.05) is 13.8 Å². The van der Waals surface area contributed by atoms with Crippen LogP contribution >= 0.6 is 0 Å². The van der Waals surface area contributed by atoms with Crippen LogP contribution in [0.5, 0.6) is 0 Å². The minimum Gasteiger partial charge on any atom is -0.0732 e. The molecule has 0 N–H and O–H groups in total. The van der Waals surface area contributed by atoms with Crippen LogP contribution in [0.1, 0.15) is 27.7 Å². The maximum absolute atomic E-state index is 5.50. The molecule has 0 aromatic heterocycles. The van der Waals surface area contributed by atoms with Crippen LogP contribution in [0.2, 0.25) is 0 Å². The summed E-state index contributed by atoms with van der Waals surface area (Å²) in [5.41, 5.74) is 3.43. The van der Waals surface area contributed by atoms with Crippen molar-refractivity contribution < 1.29 is 0 Å². The van der Waals surface area contributed by atoms with Gasteiger partial charge < -0.3 is 0 Å². The van der Waals surface area contributed by atoms with Crippen LogP contribution in [-0.4, -0.2) is 0 Å². The smallest absolute Gasteiger partial charge is 0.0395 e. The highest BCUT2D eigenvalue weighted by molar-refractivity contribution is 5.26. The molecule has 8 heavy (non-hydrogen) atoms. The van der Waals surface area contributed by atoms with E-state index in [9.17, 15) is 0 Å². The Bertz CT molecular complexity index is 123. The topological polar surface area (TPSA) is 0 Å². The quantitative estimate of drug-likeness (QED) is 0.454. The van der Waals surface area contributed by atoms with E-state index in [2.05, 4.69) is 13.8 Å². The average molecular weight is 109 g/mol. The molecule has 0 saturated heterocycles. The Morgan fingerprint density at radius 2 is 1.38 bits per heavy atom. The molecule has 0 rings (SSSR count). The van der Waals surface area contributed by atoms with Crippen LogP contribution in [-0.2, 0) is 0 Å². The first-order chi connectivity index (χ1) is 3.55. The minimum atomic E-state index is 0.921. The molecule has 0 saturated carbocycles. The number of rotatable bonds is 1. The van der Waals surface area contributed by atoms with Gasteiger partial charge in [-0.1, -0.05) is 12.2 Å². The van der Waals surface area contributed by atoms with Crippen LogP contribution in [0.15, 0.2) is 16.7 Å². The zero-order valence-corrected chi connectivity index (χ0v) is 6.08. The molecule has 0 fully saturated rings. The molecule has 0 aliphatic carbocycles. The van der Waals surface area contributed by atoms with Crippen molar-refractivity contribution in [3.8, 4) is 0 Å². The normalized spacial score (nSPS) is 8.50. The number of hydrogen-bond acceptors (Lipinski definition) is 0. The average Bonchev–Trinajstić information content (AvgIpc) is 1.64. The molecule has 0 atom stereocenters. The van der Waals surface area contributed by atoms with Gasteiger partial charge in [0.15, 0.2) is 0 Å². The maximum Gasteiger partial charge on any atom is -0.0395 e. The fourth-order valence-electron chi connectivity index (χ4n) is 0.394. The van der Waals surface area contributed by atoms with Crippen LogP contribution < -0.4 is 0 Å². The van der Waals surface area contributed by atoms with E-state index in [1.54, 1.807) is 0 Å². The van der Waals surface area contributed by atoms with Crippen molar-refractivity contribution in [2.75, 3.05) is 0 Å². The maximum atomic E-state index is 5.50. The van der Waals surface area contributed by atoms with Gasteiger partial charge in [0.1, 0.15) is 0 Å². The summed E-state index contributed by atoms with van der Waals surface area (Å²) in [5, 5.41) is 0. The van der Waals surface area contributed by atoms with E-state index in [1.165, 1.54) is 11.1 Å². The lowest BCUT2D eigenvalue weighted by Crippen LogP contribution is -1.78. The van der Waals surface area contributed by atoms with Gasteiger partial charge in [0.25, 0.3) is 0 Å². The molecule has 0 unspecified atom stereocenters. The first kappa shape index (κ1) is 7.48. The van der Waals surface area contributed by atoms with Gasteiger partial charge in [-0.15, -0.1) is 0 Å². The van der Waals surface area contributed by atoms with E-state index in [-0.39, 0.29) is 0 Å². The third kappa shape index (κ3) is 1.97. The van der Waals surface area contributed by atoms with Gasteiger partial charge in [-0.2, -0.15) is 0 Å². The van der Waals surface area contributed by atoms with Crippen molar-refractivity contribution >= 4 is 0 Å². The van der Waals surface area contributed by atoms with Gasteiger partial charge in [-0.05, 0) is 38.8 Å². The summed E-state index contributed by atoms with van der Waals surface area (Å²) in [6.45, 7) is 13.6. The van der Waals surface area contributed by atoms with Gasteiger partial charge in [0.05, 0.1) is 0 Å². The summed E-state index contributed by atoms with van der Waals surface area (Å²) in [4.78, 5) is 0. The minimum absolute atomic E-state index is 0.921. The van der Waals surface area contributed by atoms with Crippen molar-refractivity contribution in [1.82, 2.24) is 0 Å². The largest absolute Gasteiger partial charge is 0.0732 e. The van der Waals surface area contributed by atoms with Crippen molar-refractivity contribution in [2.24, 2.45) is 0 Å². The van der Waals surface area contributed by atoms with Gasteiger partial charge in [-0.25, -0.2) is 0 Å². The monoisotopic (exact) mass is 109 g/mol. The highest BCUT2D eigenvalue weighted by Gasteiger charge is 1.89. The van der Waals surface area contributed by atoms with Gasteiger partial charge in [-0.3, -0.25) is 0 Å². The fourth-order valence-corrected chi connectivity index (χ4v) is 0.394. The molecule has 0 nitrogen and oxygen atoms in total. The molecule has 0 amide bonds. The molecule has 1 radical (unpaired) electrons. The number of hydrogen-bond donors (Lipinski definition) is 0. The Hall–Kier alpha value is -0.520. The lowest BCUT2D eigenvalue weighted by Gasteiger charge is -1.99. The molecule has 0 aliphatic heterocycles. The van der Waals surface area contributed by atoms with Crippen molar-refractivity contribution in [3.05, 3.63) is 23.3 Å². The van der Waals surface area contributed by atoms with E-state index >= 15 is 0 Å². The molecule has 0 aliphatic rings. The van der Waals surface area contributed by atoms with Crippen molar-refractivity contribution in [3.63, 3.8) is 0 Å². The summed E-state index contributed by atoms with van der Waals surface area (Å²) in [6.07, 6.45) is 0. The molecular formula is C8H13. The van der Waals surface area contributed by atoms with Crippen molar-refractivity contribution in [1.29, 1.82) is 0 Å². The lowest BCUT2D eigenvalue weighted by molar-refractivity contribution is 1.23. The predicted octanol–water partition coefficient (Wildman–Crippen LogP) is 2.72. The Morgan fingerprint density at radius 3 is 1.38 bits per heavy atom. The second-order valence-corrected chi connectivity index (χ2v) is 2.31. The molecule has 0 aromatic rings. The third-order valence-corrected chi connectivity index (χ3v) is 1.34. The Morgan fingerprint density at radius 1 is 1.00 bits per heavy atom. The molecule has 0 spiro atoms. The van der Waals surface area contributed by atoms with Gasteiger partial charge in [0.2, 0.25) is 0 Å². The van der Waals surface area contributed by atoms with E-state index in [0.29, 0.717) is 0 Å². The second kappa shape index (κ2) is 2.71. The third-order valence-electron chi connectivity index (χ3n) is 1.34. The predicted molar refractivity (Wildman–Crippen MR) is 37.5 cm³/mol. The highest BCUT2D eigenvalue weighted by atomic mass is 13.9. The molecule has 0 aromatic carbocycles. The summed E-state index contributed by atoms with van der Waals surface area (Å²) < 4.78 is 0. The Labute approximate surface area is 51.9 Å². The zero-order chi connectivity index (χ0) is 6.73. The first-order valence-corrected chi connectivity index (χ1v) is 2.79. The SMILES string of the molecule is [CH]=C(C)C(C)=C(C)C. The van der Waals surface area contributed by atoms with Crippen LogP contribution in [0.25, 0.3) is 0 Å². The van der Waals surface area contributed by atoms with Gasteiger partial charge >= 0.3 is 0 Å². The molecule has 0 heteroatoms. The van der Waals surface area contributed by atoms with Gasteiger partial charge in [0, 0.05) is 0 Å². The Kier molecular flexibility index (Phi) is 2.53. The molecule has 45 valence electrons. The second-order valence-electron chi connectivity index (χ2n) is 2.31. The summed E-state index contributed by atoms with van der Waals surface area (Å²) in [6, 6.07) is 0. The fraction of sp³-hybridized carbons (Fsp3) is 0.500. The molecule has 0 heterocycles. The summed E-state index contributed by atoms with van der Waals surface area (Å²) in [7, 11) is 0. The van der Waals surface area contributed by atoms with E-state index in [4.69, 9.17) is 6.58 Å². The van der Waals surface area contributed by atoms with Crippen LogP contribution in [0.4, 0.5) is 0 Å². The Balaban J connectivity index is 4.23. The number of allylic oxidation sites excluding steroid dienone is 3. The van der Waals surface area contributed by atoms with Crippen molar-refractivity contribution in [2.45, 2.75) is 27.7 Å². The lowest BCUT2D eigenvalue weighted by atomic mass is 10.1. The molecular weight excluding hydrogens is 96.1 g/mol. The van der Waals surface area contributed by atoms with Crippen LogP contribution in [0.3, 0.4) is 0 Å². The zero-order valence-electron chi connectivity index (χ0n) is 6.08. The first-order valence-electron chi connectivity index (χ1n) is 2.79. The van der Waals surface area contributed by atoms with Crippen LogP contribution in [0, 0.1) is 6.58 Å². The summed E-state index contributed by atoms with van der Waals surface area (Å²) >= 11 is 0. The standard InChI is InChI=1S/C8H13/c1-6(2)8(5)7(3)4/h1H,2-5H3. The molecule has 0 bridgehead atoms. The van der Waals surface area contributed by atoms with E-state index < -0.39 is 0 Å². The highest BCUT2D eigenvalue weighted by Crippen LogP contribution is 2.09. The summed E-state index contributed by atoms with van der Waals surface area (Å²) in [5.74, 6) is 0. The van der Waals surface area contributed by atoms with E-state index in [0.717, 1.165) is 5.57 Å².